The van der Waals surface area contributed by atoms with Crippen molar-refractivity contribution in [2.24, 2.45) is 0 Å². The normalized spacial score (nSPS) is 11.5. The van der Waals surface area contributed by atoms with Crippen LogP contribution in [0.4, 0.5) is 10.8 Å². The number of amides is 2. The van der Waals surface area contributed by atoms with Crippen molar-refractivity contribution in [3.05, 3.63) is 109 Å². The Hall–Kier alpha value is -4.34. The third-order valence-electron chi connectivity index (χ3n) is 5.65. The zero-order chi connectivity index (χ0) is 27.0. The second kappa shape index (κ2) is 12.5. The molecular weight excluding hydrogens is 530 g/mol. The Bertz CT molecular complexity index is 1580. The summed E-state index contributed by atoms with van der Waals surface area (Å²) in [7, 11) is 1.62. The molecule has 0 aliphatic rings. The first kappa shape index (κ1) is 26.3. The number of fused-ring (bicyclic) bond motifs is 1. The minimum Gasteiger partial charge on any atom is -0.497 e. The van der Waals surface area contributed by atoms with Gasteiger partial charge < -0.3 is 20.1 Å². The van der Waals surface area contributed by atoms with E-state index in [1.165, 1.54) is 23.1 Å². The van der Waals surface area contributed by atoms with Crippen LogP contribution in [0.2, 0.25) is 0 Å². The van der Waals surface area contributed by atoms with E-state index in [1.807, 2.05) is 84.9 Å². The van der Waals surface area contributed by atoms with Crippen molar-refractivity contribution in [3.8, 4) is 11.5 Å². The number of thioether (sulfide) groups is 1. The van der Waals surface area contributed by atoms with Crippen molar-refractivity contribution in [3.63, 3.8) is 0 Å². The van der Waals surface area contributed by atoms with Gasteiger partial charge in [-0.2, -0.15) is 0 Å². The van der Waals surface area contributed by atoms with Crippen molar-refractivity contribution in [1.82, 2.24) is 4.98 Å². The molecule has 5 rings (SSSR count). The molecule has 0 radical (unpaired) electrons. The van der Waals surface area contributed by atoms with Crippen molar-refractivity contribution >= 4 is 55.9 Å². The zero-order valence-electron chi connectivity index (χ0n) is 21.0. The summed E-state index contributed by atoms with van der Waals surface area (Å²) < 4.78 is 11.8. The molecule has 2 N–H and O–H groups in total. The molecule has 0 fully saturated rings. The minimum atomic E-state index is -0.542. The number of rotatable bonds is 10. The molecule has 0 saturated carbocycles. The third-order valence-corrected chi connectivity index (χ3v) is 7.83. The van der Waals surface area contributed by atoms with Crippen LogP contribution in [-0.2, 0) is 9.59 Å². The smallest absolute Gasteiger partial charge is 0.262 e. The molecule has 0 spiro atoms. The number of benzene rings is 4. The number of anilines is 2. The first-order chi connectivity index (χ1) is 19.1. The van der Waals surface area contributed by atoms with Crippen LogP contribution in [0.3, 0.4) is 0 Å². The maximum atomic E-state index is 13.5. The fourth-order valence-electron chi connectivity index (χ4n) is 3.80. The predicted octanol–water partition coefficient (Wildman–Crippen LogP) is 6.79. The fourth-order valence-corrected chi connectivity index (χ4v) is 5.78. The van der Waals surface area contributed by atoms with Crippen LogP contribution in [0.1, 0.15) is 10.8 Å². The van der Waals surface area contributed by atoms with Gasteiger partial charge in [0.05, 0.1) is 17.3 Å². The highest BCUT2D eigenvalue weighted by atomic mass is 32.2. The van der Waals surface area contributed by atoms with Gasteiger partial charge in [-0.15, -0.1) is 11.8 Å². The number of thiazole rings is 1. The summed E-state index contributed by atoms with van der Waals surface area (Å²) in [4.78, 5) is 31.4. The highest BCUT2D eigenvalue weighted by molar-refractivity contribution is 8.00. The number of carbonyl (C=O) groups excluding carboxylic acids is 2. The van der Waals surface area contributed by atoms with Gasteiger partial charge in [-0.05, 0) is 54.1 Å². The van der Waals surface area contributed by atoms with Gasteiger partial charge in [0.2, 0.25) is 5.91 Å². The molecule has 0 saturated heterocycles. The number of methoxy groups -OCH3 is 1. The van der Waals surface area contributed by atoms with Crippen LogP contribution in [-0.4, -0.2) is 30.5 Å². The summed E-state index contributed by atoms with van der Waals surface area (Å²) in [6.07, 6.45) is 0. The van der Waals surface area contributed by atoms with E-state index in [9.17, 15) is 9.59 Å². The maximum Gasteiger partial charge on any atom is 0.262 e. The van der Waals surface area contributed by atoms with Gasteiger partial charge in [0.15, 0.2) is 11.7 Å². The Balaban J connectivity index is 1.29. The number of nitrogens with zero attached hydrogens (tertiary/aromatic N) is 1. The summed E-state index contributed by atoms with van der Waals surface area (Å²) in [5, 5.41) is 5.83. The number of para-hydroxylation sites is 1. The van der Waals surface area contributed by atoms with E-state index in [1.54, 1.807) is 25.3 Å². The lowest BCUT2D eigenvalue weighted by atomic mass is 10.1. The first-order valence-corrected chi connectivity index (χ1v) is 13.8. The van der Waals surface area contributed by atoms with E-state index in [0.717, 1.165) is 26.4 Å². The van der Waals surface area contributed by atoms with Gasteiger partial charge in [-0.25, -0.2) is 4.98 Å². The molecule has 7 nitrogen and oxygen atoms in total. The third kappa shape index (κ3) is 6.95. The molecule has 9 heteroatoms. The lowest BCUT2D eigenvalue weighted by Gasteiger charge is -2.17. The van der Waals surface area contributed by atoms with E-state index >= 15 is 0 Å². The van der Waals surface area contributed by atoms with Crippen molar-refractivity contribution in [1.29, 1.82) is 0 Å². The van der Waals surface area contributed by atoms with E-state index in [0.29, 0.717) is 16.6 Å². The highest BCUT2D eigenvalue weighted by Crippen LogP contribution is 2.38. The number of hydrogen-bond donors (Lipinski definition) is 2. The largest absolute Gasteiger partial charge is 0.497 e. The van der Waals surface area contributed by atoms with E-state index in [2.05, 4.69) is 15.6 Å². The molecule has 0 aliphatic carbocycles. The Labute approximate surface area is 234 Å². The molecule has 0 bridgehead atoms. The van der Waals surface area contributed by atoms with Crippen LogP contribution in [0.5, 0.6) is 11.5 Å². The van der Waals surface area contributed by atoms with E-state index in [4.69, 9.17) is 9.47 Å². The van der Waals surface area contributed by atoms with Crippen molar-refractivity contribution in [2.75, 3.05) is 24.4 Å². The molecule has 1 unspecified atom stereocenters. The number of nitrogens with one attached hydrogen (secondary N) is 2. The number of ether oxygens (including phenoxy) is 2. The second-order valence-corrected chi connectivity index (χ2v) is 10.6. The van der Waals surface area contributed by atoms with Gasteiger partial charge in [-0.1, -0.05) is 65.9 Å². The monoisotopic (exact) mass is 555 g/mol. The Morgan fingerprint density at radius 3 is 2.41 bits per heavy atom. The SMILES string of the molecule is COc1ccc2nc(NC(=O)C(Sc3cccc(NC(=O)COc4ccccc4)c3)c3ccccc3)sc2c1. The summed E-state index contributed by atoms with van der Waals surface area (Å²) in [6, 6.07) is 31.8. The molecule has 1 aromatic heterocycles. The minimum absolute atomic E-state index is 0.107. The van der Waals surface area contributed by atoms with Gasteiger partial charge in [0.1, 0.15) is 16.7 Å². The topological polar surface area (TPSA) is 89.5 Å². The van der Waals surface area contributed by atoms with Gasteiger partial charge in [0.25, 0.3) is 5.91 Å². The van der Waals surface area contributed by atoms with Crippen LogP contribution >= 0.6 is 23.1 Å². The van der Waals surface area contributed by atoms with Crippen molar-refractivity contribution in [2.45, 2.75) is 10.1 Å². The average molecular weight is 556 g/mol. The van der Waals surface area contributed by atoms with Crippen LogP contribution < -0.4 is 20.1 Å². The number of carbonyl (C=O) groups is 2. The van der Waals surface area contributed by atoms with Gasteiger partial charge in [-0.3, -0.25) is 9.59 Å². The highest BCUT2D eigenvalue weighted by Gasteiger charge is 2.23. The molecule has 5 aromatic rings. The maximum absolute atomic E-state index is 13.5. The summed E-state index contributed by atoms with van der Waals surface area (Å²) in [6.45, 7) is -0.107. The molecule has 1 heterocycles. The molecule has 1 atom stereocenters. The second-order valence-electron chi connectivity index (χ2n) is 8.43. The predicted molar refractivity (Wildman–Crippen MR) is 157 cm³/mol. The summed E-state index contributed by atoms with van der Waals surface area (Å²) in [5.74, 6) is 0.898. The quantitative estimate of drug-likeness (QED) is 0.184. The lowest BCUT2D eigenvalue weighted by molar-refractivity contribution is -0.118. The number of hydrogen-bond acceptors (Lipinski definition) is 7. The Kier molecular flexibility index (Phi) is 8.40. The Morgan fingerprint density at radius 2 is 1.64 bits per heavy atom. The van der Waals surface area contributed by atoms with Crippen LogP contribution in [0, 0.1) is 0 Å². The average Bonchev–Trinajstić information content (AvgIpc) is 3.37. The molecule has 196 valence electrons. The standard InChI is InChI=1S/C30H25N3O4S2/c1-36-23-15-16-25-26(18-23)39-30(32-25)33-29(35)28(20-9-4-2-5-10-20)38-24-14-8-11-21(17-24)31-27(34)19-37-22-12-6-3-7-13-22/h2-18,28H,19H2,1H3,(H,31,34)(H,32,33,35). The summed E-state index contributed by atoms with van der Waals surface area (Å²) in [5.41, 5.74) is 2.27. The summed E-state index contributed by atoms with van der Waals surface area (Å²) >= 11 is 2.79. The molecule has 2 amide bonds. The van der Waals surface area contributed by atoms with Gasteiger partial charge in [0, 0.05) is 10.6 Å². The van der Waals surface area contributed by atoms with E-state index in [-0.39, 0.29) is 18.4 Å². The molecular formula is C30H25N3O4S2. The molecule has 39 heavy (non-hydrogen) atoms. The van der Waals surface area contributed by atoms with Crippen LogP contribution in [0.25, 0.3) is 10.2 Å². The first-order valence-electron chi connectivity index (χ1n) is 12.1. The molecule has 0 aliphatic heterocycles. The fraction of sp³-hybridized carbons (Fsp3) is 0.100. The lowest BCUT2D eigenvalue weighted by Crippen LogP contribution is -2.20. The van der Waals surface area contributed by atoms with Crippen molar-refractivity contribution < 1.29 is 19.1 Å². The Morgan fingerprint density at radius 1 is 0.872 bits per heavy atom. The van der Waals surface area contributed by atoms with Crippen LogP contribution in [0.15, 0.2) is 108 Å². The zero-order valence-corrected chi connectivity index (χ0v) is 22.6. The van der Waals surface area contributed by atoms with E-state index < -0.39 is 5.25 Å². The molecule has 4 aromatic carbocycles. The number of aromatic nitrogens is 1. The van der Waals surface area contributed by atoms with Gasteiger partial charge >= 0.3 is 0 Å².